The van der Waals surface area contributed by atoms with Gasteiger partial charge in [-0.2, -0.15) is 0 Å². The minimum Gasteiger partial charge on any atom is -0.341 e. The normalized spacial score (nSPS) is 18.4. The first-order chi connectivity index (χ1) is 9.47. The van der Waals surface area contributed by atoms with Crippen LogP contribution in [0, 0.1) is 5.82 Å². The number of hydrogen-bond donors (Lipinski definition) is 1. The molecule has 3 nitrogen and oxygen atoms in total. The number of benzene rings is 1. The smallest absolute Gasteiger partial charge is 0.222 e. The Morgan fingerprint density at radius 3 is 2.80 bits per heavy atom. The molecule has 1 heterocycles. The molecule has 5 heteroatoms. The van der Waals surface area contributed by atoms with E-state index in [-0.39, 0.29) is 23.8 Å². The van der Waals surface area contributed by atoms with Crippen molar-refractivity contribution in [2.45, 2.75) is 38.8 Å². The van der Waals surface area contributed by atoms with Gasteiger partial charge in [0.1, 0.15) is 5.82 Å². The summed E-state index contributed by atoms with van der Waals surface area (Å²) in [6.45, 7) is 5.70. The number of halogens is 2. The van der Waals surface area contributed by atoms with Crippen LogP contribution in [0.2, 0.25) is 0 Å². The Hall–Kier alpha value is -0.940. The lowest BCUT2D eigenvalue weighted by molar-refractivity contribution is -0.127. The van der Waals surface area contributed by atoms with Gasteiger partial charge in [-0.05, 0) is 38.0 Å². The quantitative estimate of drug-likeness (QED) is 0.890. The third-order valence-electron chi connectivity index (χ3n) is 3.63. The molecule has 110 valence electrons. The van der Waals surface area contributed by atoms with E-state index in [1.165, 1.54) is 12.1 Å². The average Bonchev–Trinajstić information content (AvgIpc) is 2.74. The predicted octanol–water partition coefficient (Wildman–Crippen LogP) is 3.25. The van der Waals surface area contributed by atoms with Gasteiger partial charge in [-0.1, -0.05) is 22.0 Å². The minimum absolute atomic E-state index is 0.0951. The van der Waals surface area contributed by atoms with Crippen LogP contribution in [0.4, 0.5) is 4.39 Å². The lowest BCUT2D eigenvalue weighted by atomic mass is 10.1. The lowest BCUT2D eigenvalue weighted by Crippen LogP contribution is -2.40. The van der Waals surface area contributed by atoms with Gasteiger partial charge in [0.15, 0.2) is 0 Å². The van der Waals surface area contributed by atoms with E-state index in [0.29, 0.717) is 6.42 Å². The van der Waals surface area contributed by atoms with Gasteiger partial charge in [-0.15, -0.1) is 0 Å². The van der Waals surface area contributed by atoms with Crippen LogP contribution in [-0.4, -0.2) is 29.9 Å². The van der Waals surface area contributed by atoms with E-state index in [1.54, 1.807) is 6.07 Å². The first kappa shape index (κ1) is 15.4. The van der Waals surface area contributed by atoms with Gasteiger partial charge in [0.2, 0.25) is 5.91 Å². The van der Waals surface area contributed by atoms with Crippen LogP contribution in [-0.2, 0) is 4.79 Å². The number of likely N-dealkylation sites (tertiary alicyclic amines) is 1. The monoisotopic (exact) mass is 342 g/mol. The van der Waals surface area contributed by atoms with Crippen molar-refractivity contribution in [2.75, 3.05) is 13.1 Å². The standard InChI is InChI=1S/C15H20BrFN2O/c1-10(9-19-7-3-4-15(19)20)18-11(2)13-6-5-12(17)8-14(13)16/h5-6,8,10-11,18H,3-4,7,9H2,1-2H3. The van der Waals surface area contributed by atoms with Crippen molar-refractivity contribution in [3.63, 3.8) is 0 Å². The largest absolute Gasteiger partial charge is 0.341 e. The summed E-state index contributed by atoms with van der Waals surface area (Å²) in [5.41, 5.74) is 1.02. The topological polar surface area (TPSA) is 32.3 Å². The van der Waals surface area contributed by atoms with Crippen LogP contribution in [0.5, 0.6) is 0 Å². The van der Waals surface area contributed by atoms with Gasteiger partial charge >= 0.3 is 0 Å². The number of carbonyl (C=O) groups excluding carboxylic acids is 1. The molecule has 1 aliphatic rings. The molecule has 1 saturated heterocycles. The van der Waals surface area contributed by atoms with Crippen molar-refractivity contribution in [1.82, 2.24) is 10.2 Å². The summed E-state index contributed by atoms with van der Waals surface area (Å²) in [5, 5.41) is 3.46. The molecule has 1 aromatic carbocycles. The van der Waals surface area contributed by atoms with Crippen LogP contribution >= 0.6 is 15.9 Å². The molecule has 2 atom stereocenters. The number of nitrogens with one attached hydrogen (secondary N) is 1. The first-order valence-corrected chi connectivity index (χ1v) is 7.75. The van der Waals surface area contributed by atoms with Gasteiger partial charge in [-0.25, -0.2) is 4.39 Å². The molecule has 20 heavy (non-hydrogen) atoms. The van der Waals surface area contributed by atoms with Crippen molar-refractivity contribution < 1.29 is 9.18 Å². The maximum absolute atomic E-state index is 13.1. The van der Waals surface area contributed by atoms with E-state index in [0.717, 1.165) is 29.5 Å². The molecular weight excluding hydrogens is 323 g/mol. The maximum atomic E-state index is 13.1. The molecule has 1 amide bonds. The average molecular weight is 343 g/mol. The molecule has 2 unspecified atom stereocenters. The summed E-state index contributed by atoms with van der Waals surface area (Å²) in [5.74, 6) is -0.00203. The second-order valence-corrected chi connectivity index (χ2v) is 6.25. The lowest BCUT2D eigenvalue weighted by Gasteiger charge is -2.25. The Bertz CT molecular complexity index is 495. The Labute approximate surface area is 127 Å². The molecule has 1 fully saturated rings. The van der Waals surface area contributed by atoms with Gasteiger partial charge < -0.3 is 10.2 Å². The van der Waals surface area contributed by atoms with Crippen LogP contribution < -0.4 is 5.32 Å². The highest BCUT2D eigenvalue weighted by Crippen LogP contribution is 2.24. The maximum Gasteiger partial charge on any atom is 0.222 e. The number of nitrogens with zero attached hydrogens (tertiary/aromatic N) is 1. The summed E-state index contributed by atoms with van der Waals surface area (Å²) in [4.78, 5) is 13.5. The molecule has 1 aromatic rings. The molecule has 0 spiro atoms. The Morgan fingerprint density at radius 2 is 2.20 bits per heavy atom. The van der Waals surface area contributed by atoms with Gasteiger partial charge in [0.05, 0.1) is 0 Å². The van der Waals surface area contributed by atoms with Gasteiger partial charge in [0, 0.05) is 36.1 Å². The fourth-order valence-corrected chi connectivity index (χ4v) is 3.34. The molecule has 1 aliphatic heterocycles. The van der Waals surface area contributed by atoms with Crippen molar-refractivity contribution >= 4 is 21.8 Å². The van der Waals surface area contributed by atoms with E-state index in [9.17, 15) is 9.18 Å². The highest BCUT2D eigenvalue weighted by Gasteiger charge is 2.22. The zero-order valence-electron chi connectivity index (χ0n) is 11.8. The van der Waals surface area contributed by atoms with Crippen molar-refractivity contribution in [2.24, 2.45) is 0 Å². The van der Waals surface area contributed by atoms with Crippen molar-refractivity contribution in [3.05, 3.63) is 34.1 Å². The highest BCUT2D eigenvalue weighted by atomic mass is 79.9. The highest BCUT2D eigenvalue weighted by molar-refractivity contribution is 9.10. The summed E-state index contributed by atoms with van der Waals surface area (Å²) < 4.78 is 13.9. The Balaban J connectivity index is 1.93. The zero-order valence-corrected chi connectivity index (χ0v) is 13.4. The van der Waals surface area contributed by atoms with E-state index >= 15 is 0 Å². The second-order valence-electron chi connectivity index (χ2n) is 5.40. The minimum atomic E-state index is -0.247. The van der Waals surface area contributed by atoms with Crippen molar-refractivity contribution in [3.8, 4) is 0 Å². The molecule has 0 saturated carbocycles. The van der Waals surface area contributed by atoms with E-state index < -0.39 is 0 Å². The van der Waals surface area contributed by atoms with E-state index in [1.807, 2.05) is 11.8 Å². The summed E-state index contributed by atoms with van der Waals surface area (Å²) in [6.07, 6.45) is 1.64. The Morgan fingerprint density at radius 1 is 1.45 bits per heavy atom. The number of hydrogen-bond acceptors (Lipinski definition) is 2. The fraction of sp³-hybridized carbons (Fsp3) is 0.533. The predicted molar refractivity (Wildman–Crippen MR) is 80.9 cm³/mol. The molecule has 0 aliphatic carbocycles. The summed E-state index contributed by atoms with van der Waals surface area (Å²) in [7, 11) is 0. The molecule has 0 bridgehead atoms. The van der Waals surface area contributed by atoms with E-state index in [4.69, 9.17) is 0 Å². The van der Waals surface area contributed by atoms with Crippen molar-refractivity contribution in [1.29, 1.82) is 0 Å². The molecule has 0 aromatic heterocycles. The van der Waals surface area contributed by atoms with Crippen LogP contribution in [0.25, 0.3) is 0 Å². The number of carbonyl (C=O) groups is 1. The van der Waals surface area contributed by atoms with Crippen LogP contribution in [0.3, 0.4) is 0 Å². The molecule has 0 radical (unpaired) electrons. The van der Waals surface area contributed by atoms with Gasteiger partial charge in [0.25, 0.3) is 0 Å². The fourth-order valence-electron chi connectivity index (χ4n) is 2.65. The van der Waals surface area contributed by atoms with Gasteiger partial charge in [-0.3, -0.25) is 4.79 Å². The third kappa shape index (κ3) is 3.79. The molecule has 1 N–H and O–H groups in total. The van der Waals surface area contributed by atoms with Crippen LogP contribution in [0.15, 0.2) is 22.7 Å². The number of rotatable bonds is 5. The van der Waals surface area contributed by atoms with E-state index in [2.05, 4.69) is 28.2 Å². The molecular formula is C15H20BrFN2O. The number of amides is 1. The summed E-state index contributed by atoms with van der Waals surface area (Å²) >= 11 is 3.39. The van der Waals surface area contributed by atoms with Crippen LogP contribution in [0.1, 0.15) is 38.3 Å². The first-order valence-electron chi connectivity index (χ1n) is 6.96. The summed E-state index contributed by atoms with van der Waals surface area (Å²) in [6, 6.07) is 5.02. The third-order valence-corrected chi connectivity index (χ3v) is 4.32. The Kier molecular flexibility index (Phi) is 5.16. The molecule has 2 rings (SSSR count). The zero-order chi connectivity index (χ0) is 14.7. The second kappa shape index (κ2) is 6.68. The SMILES string of the molecule is CC(CN1CCCC1=O)NC(C)c1ccc(F)cc1Br.